The molecule has 150 valence electrons. The van der Waals surface area contributed by atoms with E-state index in [9.17, 15) is 9.50 Å². The number of phenolic OH excluding ortho intramolecular Hbond substituents is 1. The Balaban J connectivity index is 1.30. The lowest BCUT2D eigenvalue weighted by Gasteiger charge is -2.53. The molecule has 3 aromatic rings. The minimum absolute atomic E-state index is 0.0229. The Kier molecular flexibility index (Phi) is 4.20. The Hall–Kier alpha value is -3.07. The lowest BCUT2D eigenvalue weighted by molar-refractivity contribution is 0.0893. The van der Waals surface area contributed by atoms with Gasteiger partial charge >= 0.3 is 0 Å². The number of aromatic nitrogens is 5. The van der Waals surface area contributed by atoms with Gasteiger partial charge in [-0.2, -0.15) is 4.39 Å². The van der Waals surface area contributed by atoms with Gasteiger partial charge in [-0.05, 0) is 45.1 Å². The van der Waals surface area contributed by atoms with Crippen molar-refractivity contribution < 1.29 is 9.50 Å². The van der Waals surface area contributed by atoms with Crippen LogP contribution in [-0.4, -0.2) is 68.0 Å². The Morgan fingerprint density at radius 2 is 1.90 bits per heavy atom. The predicted molar refractivity (Wildman–Crippen MR) is 105 cm³/mol. The lowest BCUT2D eigenvalue weighted by atomic mass is 9.72. The summed E-state index contributed by atoms with van der Waals surface area (Å²) in [5.41, 5.74) is 2.01. The second kappa shape index (κ2) is 6.77. The van der Waals surface area contributed by atoms with Gasteiger partial charge in [-0.25, -0.2) is 9.97 Å². The zero-order valence-corrected chi connectivity index (χ0v) is 16.2. The minimum Gasteiger partial charge on any atom is -0.507 e. The average molecular weight is 395 g/mol. The average Bonchev–Trinajstić information content (AvgIpc) is 3.14. The van der Waals surface area contributed by atoms with Gasteiger partial charge in [0.2, 0.25) is 11.9 Å². The highest BCUT2D eigenvalue weighted by atomic mass is 19.1. The molecule has 1 spiro atoms. The van der Waals surface area contributed by atoms with Crippen LogP contribution in [0, 0.1) is 11.4 Å². The van der Waals surface area contributed by atoms with Crippen LogP contribution >= 0.6 is 0 Å². The summed E-state index contributed by atoms with van der Waals surface area (Å²) < 4.78 is 14.6. The first-order valence-electron chi connectivity index (χ1n) is 9.68. The van der Waals surface area contributed by atoms with E-state index in [1.54, 1.807) is 18.3 Å². The molecule has 0 aliphatic carbocycles. The summed E-state index contributed by atoms with van der Waals surface area (Å²) >= 11 is 0. The molecule has 2 aliphatic heterocycles. The molecule has 2 aliphatic rings. The van der Waals surface area contributed by atoms with Crippen molar-refractivity contribution in [3.63, 3.8) is 0 Å². The minimum atomic E-state index is -0.577. The van der Waals surface area contributed by atoms with Crippen LogP contribution in [0.15, 0.2) is 36.9 Å². The third-order valence-electron chi connectivity index (χ3n) is 6.04. The van der Waals surface area contributed by atoms with Crippen molar-refractivity contribution in [2.24, 2.45) is 5.41 Å². The topological polar surface area (TPSA) is 83.2 Å². The summed E-state index contributed by atoms with van der Waals surface area (Å²) in [7, 11) is 2.17. The molecule has 29 heavy (non-hydrogen) atoms. The maximum Gasteiger partial charge on any atom is 0.245 e. The third kappa shape index (κ3) is 3.31. The van der Waals surface area contributed by atoms with E-state index < -0.39 is 5.95 Å². The summed E-state index contributed by atoms with van der Waals surface area (Å²) in [6, 6.07) is 5.00. The molecule has 4 heterocycles. The van der Waals surface area contributed by atoms with Crippen LogP contribution in [0.5, 0.6) is 5.75 Å². The fourth-order valence-electron chi connectivity index (χ4n) is 4.19. The van der Waals surface area contributed by atoms with E-state index in [0.717, 1.165) is 26.2 Å². The first-order chi connectivity index (χ1) is 14.0. The normalized spacial score (nSPS) is 18.8. The SMILES string of the molecule is CN1CCC2(CC1)CN(c1ncc(-c3ccc(-n4cnc(F)c4)cc3O)nn1)C2. The predicted octanol–water partition coefficient (Wildman–Crippen LogP) is 2.10. The molecule has 0 amide bonds. The molecular formula is C20H22FN7O. The zero-order valence-electron chi connectivity index (χ0n) is 16.2. The van der Waals surface area contributed by atoms with Crippen molar-refractivity contribution in [3.05, 3.63) is 42.9 Å². The number of imidazole rings is 1. The Morgan fingerprint density at radius 1 is 1.10 bits per heavy atom. The first kappa shape index (κ1) is 18.0. The third-order valence-corrected chi connectivity index (χ3v) is 6.04. The van der Waals surface area contributed by atoms with Gasteiger partial charge in [-0.3, -0.25) is 0 Å². The van der Waals surface area contributed by atoms with Crippen molar-refractivity contribution in [2.75, 3.05) is 38.1 Å². The Morgan fingerprint density at radius 3 is 2.52 bits per heavy atom. The number of hydrogen-bond donors (Lipinski definition) is 1. The zero-order chi connectivity index (χ0) is 20.0. The number of aromatic hydroxyl groups is 1. The molecule has 8 nitrogen and oxygen atoms in total. The molecule has 2 fully saturated rings. The number of benzene rings is 1. The van der Waals surface area contributed by atoms with Gasteiger partial charge in [0, 0.05) is 30.1 Å². The standard InChI is InChI=1S/C20H22FN7O/c1-26-6-4-20(5-7-26)11-28(12-20)19-22-9-16(24-25-19)15-3-2-14(8-17(15)29)27-10-18(21)23-13-27/h2-3,8-10,13,29H,4-7,11-12H2,1H3. The molecule has 2 aromatic heterocycles. The van der Waals surface area contributed by atoms with Crippen LogP contribution in [0.3, 0.4) is 0 Å². The van der Waals surface area contributed by atoms with E-state index in [1.165, 1.54) is 36.0 Å². The largest absolute Gasteiger partial charge is 0.507 e. The number of likely N-dealkylation sites (tertiary alicyclic amines) is 1. The highest BCUT2D eigenvalue weighted by molar-refractivity contribution is 5.68. The van der Waals surface area contributed by atoms with Gasteiger partial charge in [0.1, 0.15) is 17.8 Å². The molecule has 2 saturated heterocycles. The van der Waals surface area contributed by atoms with Gasteiger partial charge in [0.15, 0.2) is 0 Å². The van der Waals surface area contributed by atoms with Gasteiger partial charge < -0.3 is 19.5 Å². The highest BCUT2D eigenvalue weighted by Gasteiger charge is 2.45. The van der Waals surface area contributed by atoms with Crippen LogP contribution in [0.2, 0.25) is 0 Å². The monoisotopic (exact) mass is 395 g/mol. The fraction of sp³-hybridized carbons (Fsp3) is 0.400. The van der Waals surface area contributed by atoms with Crippen molar-refractivity contribution in [3.8, 4) is 22.7 Å². The quantitative estimate of drug-likeness (QED) is 0.727. The van der Waals surface area contributed by atoms with Crippen LogP contribution in [0.1, 0.15) is 12.8 Å². The van der Waals surface area contributed by atoms with E-state index in [1.807, 2.05) is 0 Å². The molecule has 1 aromatic carbocycles. The molecule has 0 unspecified atom stereocenters. The van der Waals surface area contributed by atoms with Crippen LogP contribution < -0.4 is 4.90 Å². The number of rotatable bonds is 3. The molecule has 9 heteroatoms. The van der Waals surface area contributed by atoms with Gasteiger partial charge in [-0.15, -0.1) is 10.2 Å². The van der Waals surface area contributed by atoms with E-state index >= 15 is 0 Å². The summed E-state index contributed by atoms with van der Waals surface area (Å²) in [5.74, 6) is 0.0743. The first-order valence-corrected chi connectivity index (χ1v) is 9.68. The smallest absolute Gasteiger partial charge is 0.245 e. The number of hydrogen-bond acceptors (Lipinski definition) is 7. The van der Waals surface area contributed by atoms with E-state index in [-0.39, 0.29) is 5.75 Å². The Labute approximate surface area is 167 Å². The maximum atomic E-state index is 13.1. The van der Waals surface area contributed by atoms with E-state index in [4.69, 9.17) is 0 Å². The number of halogens is 1. The molecule has 5 rings (SSSR count). The lowest BCUT2D eigenvalue weighted by Crippen LogP contribution is -2.60. The molecule has 0 bridgehead atoms. The number of phenols is 1. The summed E-state index contributed by atoms with van der Waals surface area (Å²) in [4.78, 5) is 12.6. The summed E-state index contributed by atoms with van der Waals surface area (Å²) in [6.45, 7) is 4.24. The van der Waals surface area contributed by atoms with Crippen molar-refractivity contribution in [1.82, 2.24) is 29.6 Å². The van der Waals surface area contributed by atoms with E-state index in [0.29, 0.717) is 28.3 Å². The Bertz CT molecular complexity index is 1020. The molecule has 0 radical (unpaired) electrons. The molecule has 1 N–H and O–H groups in total. The number of nitrogens with zero attached hydrogens (tertiary/aromatic N) is 7. The molecule has 0 saturated carbocycles. The highest BCUT2D eigenvalue weighted by Crippen LogP contribution is 2.41. The van der Waals surface area contributed by atoms with Crippen LogP contribution in [0.25, 0.3) is 16.9 Å². The van der Waals surface area contributed by atoms with Crippen molar-refractivity contribution in [1.29, 1.82) is 0 Å². The number of anilines is 1. The number of piperidine rings is 1. The second-order valence-electron chi connectivity index (χ2n) is 8.11. The van der Waals surface area contributed by atoms with E-state index in [2.05, 4.69) is 37.0 Å². The van der Waals surface area contributed by atoms with Crippen molar-refractivity contribution >= 4 is 5.95 Å². The van der Waals surface area contributed by atoms with Crippen LogP contribution in [0.4, 0.5) is 10.3 Å². The maximum absolute atomic E-state index is 13.1. The van der Waals surface area contributed by atoms with Crippen LogP contribution in [-0.2, 0) is 0 Å². The van der Waals surface area contributed by atoms with Crippen molar-refractivity contribution in [2.45, 2.75) is 12.8 Å². The summed E-state index contributed by atoms with van der Waals surface area (Å²) in [6.07, 6.45) is 6.66. The molecular weight excluding hydrogens is 373 g/mol. The van der Waals surface area contributed by atoms with Gasteiger partial charge in [0.05, 0.1) is 18.1 Å². The van der Waals surface area contributed by atoms with Gasteiger partial charge in [-0.1, -0.05) is 0 Å². The second-order valence-corrected chi connectivity index (χ2v) is 8.11. The fourth-order valence-corrected chi connectivity index (χ4v) is 4.19. The summed E-state index contributed by atoms with van der Waals surface area (Å²) in [5, 5.41) is 18.9. The van der Waals surface area contributed by atoms with Gasteiger partial charge in [0.25, 0.3) is 0 Å². The molecule has 0 atom stereocenters.